The van der Waals surface area contributed by atoms with Crippen molar-refractivity contribution in [3.8, 4) is 22.5 Å². The molecule has 0 fully saturated rings. The molecule has 214 valence electrons. The number of fused-ring (bicyclic) bond motifs is 10. The molecule has 3 heterocycles. The fourth-order valence-corrected chi connectivity index (χ4v) is 7.60. The largest absolute Gasteiger partial charge is 0.456 e. The Morgan fingerprint density at radius 2 is 0.936 bits per heavy atom. The van der Waals surface area contributed by atoms with Gasteiger partial charge in [0.25, 0.3) is 0 Å². The minimum Gasteiger partial charge on any atom is -0.456 e. The molecule has 10 aromatic rings. The maximum Gasteiger partial charge on any atom is 0.137 e. The van der Waals surface area contributed by atoms with E-state index in [1.165, 1.54) is 0 Å². The van der Waals surface area contributed by atoms with Gasteiger partial charge in [-0.3, -0.25) is 0 Å². The third kappa shape index (κ3) is 3.65. The van der Waals surface area contributed by atoms with Crippen LogP contribution in [0.15, 0.2) is 150 Å². The lowest BCUT2D eigenvalue weighted by molar-refractivity contribution is 0.668. The zero-order chi connectivity index (χ0) is 31.2. The first-order chi connectivity index (χ1) is 23.2. The SMILES string of the molecule is [B]c1c([B])c2c(c3ccccc3n2-c2ccc3c(c2)oc2ccccc23)c2c3ccccc3n(-c3cccc(-c4ccccc4)c3)c12. The molecule has 0 aliphatic rings. The van der Waals surface area contributed by atoms with Crippen molar-refractivity contribution in [3.63, 3.8) is 0 Å². The summed E-state index contributed by atoms with van der Waals surface area (Å²) in [7, 11) is 14.3. The van der Waals surface area contributed by atoms with Crippen LogP contribution in [-0.4, -0.2) is 24.8 Å². The zero-order valence-corrected chi connectivity index (χ0v) is 25.3. The Labute approximate surface area is 273 Å². The van der Waals surface area contributed by atoms with E-state index in [4.69, 9.17) is 20.1 Å². The third-order valence-electron chi connectivity index (χ3n) is 9.63. The number of hydrogen-bond donors (Lipinski definition) is 0. The number of nitrogens with zero attached hydrogens (tertiary/aromatic N) is 2. The molecule has 0 amide bonds. The number of benzene rings is 7. The minimum absolute atomic E-state index is 0.552. The summed E-state index contributed by atoms with van der Waals surface area (Å²) in [6.45, 7) is 0. The monoisotopic (exact) mass is 594 g/mol. The summed E-state index contributed by atoms with van der Waals surface area (Å²) >= 11 is 0. The van der Waals surface area contributed by atoms with Crippen LogP contribution >= 0.6 is 0 Å². The van der Waals surface area contributed by atoms with Crippen LogP contribution in [0, 0.1) is 0 Å². The summed E-state index contributed by atoms with van der Waals surface area (Å²) in [5.74, 6) is 0. The van der Waals surface area contributed by atoms with E-state index in [0.717, 1.165) is 88.1 Å². The minimum atomic E-state index is 0.552. The summed E-state index contributed by atoms with van der Waals surface area (Å²) in [6, 6.07) is 50.7. The molecular weight excluding hydrogens is 570 g/mol. The Morgan fingerprint density at radius 3 is 1.62 bits per heavy atom. The van der Waals surface area contributed by atoms with Gasteiger partial charge in [-0.25, -0.2) is 0 Å². The molecule has 0 N–H and O–H groups in total. The first kappa shape index (κ1) is 26.3. The van der Waals surface area contributed by atoms with Crippen molar-refractivity contribution in [2.75, 3.05) is 0 Å². The van der Waals surface area contributed by atoms with Crippen LogP contribution in [0.25, 0.3) is 88.1 Å². The molecule has 3 aromatic heterocycles. The summed E-state index contributed by atoms with van der Waals surface area (Å²) in [4.78, 5) is 0. The molecule has 0 saturated carbocycles. The number of rotatable bonds is 3. The molecule has 0 aliphatic heterocycles. The van der Waals surface area contributed by atoms with Crippen molar-refractivity contribution in [2.24, 2.45) is 0 Å². The fourth-order valence-electron chi connectivity index (χ4n) is 7.60. The van der Waals surface area contributed by atoms with Gasteiger partial charge < -0.3 is 13.6 Å². The van der Waals surface area contributed by atoms with Gasteiger partial charge in [-0.2, -0.15) is 0 Å². The second-order valence-electron chi connectivity index (χ2n) is 12.2. The van der Waals surface area contributed by atoms with Gasteiger partial charge in [0.15, 0.2) is 0 Å². The van der Waals surface area contributed by atoms with Crippen molar-refractivity contribution in [1.82, 2.24) is 9.13 Å². The first-order valence-corrected chi connectivity index (χ1v) is 15.8. The Hall–Kier alpha value is -5.93. The van der Waals surface area contributed by atoms with Crippen molar-refractivity contribution < 1.29 is 4.42 Å². The molecule has 5 heteroatoms. The van der Waals surface area contributed by atoms with Crippen molar-refractivity contribution >= 4 is 92.2 Å². The predicted octanol–water partition coefficient (Wildman–Crippen LogP) is 9.03. The number of hydrogen-bond acceptors (Lipinski definition) is 1. The Balaban J connectivity index is 1.34. The highest BCUT2D eigenvalue weighted by atomic mass is 16.3. The van der Waals surface area contributed by atoms with E-state index in [1.807, 2.05) is 24.3 Å². The van der Waals surface area contributed by atoms with Gasteiger partial charge in [-0.05, 0) is 53.6 Å². The van der Waals surface area contributed by atoms with Crippen LogP contribution in [0.3, 0.4) is 0 Å². The predicted molar refractivity (Wildman–Crippen MR) is 199 cm³/mol. The normalized spacial score (nSPS) is 12.0. The lowest BCUT2D eigenvalue weighted by Gasteiger charge is -2.16. The molecule has 4 radical (unpaired) electrons. The van der Waals surface area contributed by atoms with Gasteiger partial charge in [0, 0.05) is 60.8 Å². The van der Waals surface area contributed by atoms with Gasteiger partial charge in [-0.15, -0.1) is 0 Å². The average molecular weight is 594 g/mol. The smallest absolute Gasteiger partial charge is 0.137 e. The van der Waals surface area contributed by atoms with Gasteiger partial charge in [0.1, 0.15) is 26.9 Å². The first-order valence-electron chi connectivity index (χ1n) is 15.8. The maximum absolute atomic E-state index is 7.17. The second-order valence-corrected chi connectivity index (χ2v) is 12.2. The van der Waals surface area contributed by atoms with E-state index in [0.29, 0.717) is 10.9 Å². The number of furan rings is 1. The molecule has 0 aliphatic carbocycles. The molecule has 0 spiro atoms. The van der Waals surface area contributed by atoms with E-state index >= 15 is 0 Å². The topological polar surface area (TPSA) is 23.0 Å². The Kier molecular flexibility index (Phi) is 5.48. The lowest BCUT2D eigenvalue weighted by atomic mass is 9.77. The van der Waals surface area contributed by atoms with Crippen molar-refractivity contribution in [1.29, 1.82) is 0 Å². The number of aromatic nitrogens is 2. The van der Waals surface area contributed by atoms with Crippen molar-refractivity contribution in [2.45, 2.75) is 0 Å². The Bertz CT molecular complexity index is 2880. The molecule has 47 heavy (non-hydrogen) atoms. The summed E-state index contributed by atoms with van der Waals surface area (Å²) in [6.07, 6.45) is 0. The van der Waals surface area contributed by atoms with E-state index < -0.39 is 0 Å². The summed E-state index contributed by atoms with van der Waals surface area (Å²) < 4.78 is 10.8. The van der Waals surface area contributed by atoms with E-state index in [2.05, 4.69) is 130 Å². The summed E-state index contributed by atoms with van der Waals surface area (Å²) in [5, 5.41) is 6.60. The lowest BCUT2D eigenvalue weighted by Crippen LogP contribution is -2.29. The van der Waals surface area contributed by atoms with Crippen LogP contribution in [0.4, 0.5) is 0 Å². The van der Waals surface area contributed by atoms with E-state index in [9.17, 15) is 0 Å². The highest BCUT2D eigenvalue weighted by molar-refractivity contribution is 6.59. The highest BCUT2D eigenvalue weighted by Gasteiger charge is 2.24. The maximum atomic E-state index is 7.17. The van der Waals surface area contributed by atoms with Crippen LogP contribution in [0.5, 0.6) is 0 Å². The van der Waals surface area contributed by atoms with Crippen LogP contribution in [0.1, 0.15) is 0 Å². The van der Waals surface area contributed by atoms with Gasteiger partial charge in [0.2, 0.25) is 0 Å². The van der Waals surface area contributed by atoms with Crippen molar-refractivity contribution in [3.05, 3.63) is 146 Å². The van der Waals surface area contributed by atoms with E-state index in [-0.39, 0.29) is 0 Å². The zero-order valence-electron chi connectivity index (χ0n) is 25.3. The second kappa shape index (κ2) is 9.78. The third-order valence-corrected chi connectivity index (χ3v) is 9.63. The van der Waals surface area contributed by atoms with E-state index in [1.54, 1.807) is 0 Å². The number of para-hydroxylation sites is 3. The highest BCUT2D eigenvalue weighted by Crippen LogP contribution is 2.42. The average Bonchev–Trinajstić information content (AvgIpc) is 3.78. The summed E-state index contributed by atoms with van der Waals surface area (Å²) in [5.41, 5.74) is 11.0. The molecule has 7 aromatic carbocycles. The fraction of sp³-hybridized carbons (Fsp3) is 0. The molecular formula is C42H24B2N2O. The molecule has 0 atom stereocenters. The Morgan fingerprint density at radius 1 is 0.404 bits per heavy atom. The van der Waals surface area contributed by atoms with Crippen LogP contribution in [0.2, 0.25) is 0 Å². The quantitative estimate of drug-likeness (QED) is 0.187. The van der Waals surface area contributed by atoms with Gasteiger partial charge in [-0.1, -0.05) is 108 Å². The van der Waals surface area contributed by atoms with Gasteiger partial charge in [0.05, 0.1) is 11.0 Å². The molecule has 3 nitrogen and oxygen atoms in total. The molecule has 0 unspecified atom stereocenters. The molecule has 0 bridgehead atoms. The van der Waals surface area contributed by atoms with Gasteiger partial charge >= 0.3 is 0 Å². The van der Waals surface area contributed by atoms with Crippen LogP contribution in [-0.2, 0) is 0 Å². The molecule has 0 saturated heterocycles. The standard InChI is InChI=1S/C42H24B2N2O/c43-39-40(44)42-38(32-17-5-8-19-34(32)46(42)28-21-22-30-29-15-6-9-20-35(29)47-36(30)24-28)37-31-16-4-7-18-33(31)45(41(37)39)27-14-10-13-26(23-27)25-11-2-1-3-12-25/h1-24H. The molecule has 10 rings (SSSR count). The van der Waals surface area contributed by atoms with Crippen LogP contribution < -0.4 is 10.9 Å².